The lowest BCUT2D eigenvalue weighted by Gasteiger charge is -2.08. The van der Waals surface area contributed by atoms with Crippen molar-refractivity contribution in [3.05, 3.63) is 42.3 Å². The van der Waals surface area contributed by atoms with Gasteiger partial charge in [0.05, 0.1) is 18.4 Å². The normalized spacial score (nSPS) is 10.6. The molecule has 0 amide bonds. The summed E-state index contributed by atoms with van der Waals surface area (Å²) >= 11 is 3.66. The van der Waals surface area contributed by atoms with E-state index in [1.165, 1.54) is 19.9 Å². The Morgan fingerprint density at radius 2 is 1.76 bits per heavy atom. The predicted molar refractivity (Wildman–Crippen MR) is 94.4 cm³/mol. The van der Waals surface area contributed by atoms with Crippen molar-refractivity contribution in [2.45, 2.75) is 17.1 Å². The number of thiophene rings is 1. The van der Waals surface area contributed by atoms with Crippen molar-refractivity contribution >= 4 is 33.9 Å². The van der Waals surface area contributed by atoms with E-state index in [4.69, 9.17) is 9.47 Å². The number of aryl methyl sites for hydroxylation is 1. The average molecular weight is 320 g/mol. The third kappa shape index (κ3) is 3.44. The van der Waals surface area contributed by atoms with Crippen LogP contribution in [-0.2, 0) is 6.42 Å². The molecule has 0 spiro atoms. The van der Waals surface area contributed by atoms with Crippen LogP contribution in [0, 0.1) is 0 Å². The zero-order valence-electron chi connectivity index (χ0n) is 12.5. The number of fused-ring (bicyclic) bond motifs is 1. The van der Waals surface area contributed by atoms with Gasteiger partial charge in [-0.1, -0.05) is 12.2 Å². The van der Waals surface area contributed by atoms with E-state index in [9.17, 15) is 0 Å². The summed E-state index contributed by atoms with van der Waals surface area (Å²) in [5, 5.41) is 2.50. The second-order valence-corrected chi connectivity index (χ2v) is 6.89. The van der Waals surface area contributed by atoms with Gasteiger partial charge in [0, 0.05) is 21.4 Å². The third-order valence-electron chi connectivity index (χ3n) is 3.17. The summed E-state index contributed by atoms with van der Waals surface area (Å²) < 4.78 is 12.2. The van der Waals surface area contributed by atoms with E-state index in [0.29, 0.717) is 0 Å². The SMILES string of the molecule is C=CCCc1sc(SCC=C)c2cc(OC)c(OC)cc12. The molecule has 0 radical (unpaired) electrons. The molecular weight excluding hydrogens is 300 g/mol. The molecule has 2 aromatic rings. The Morgan fingerprint density at radius 3 is 2.33 bits per heavy atom. The van der Waals surface area contributed by atoms with Gasteiger partial charge in [0.1, 0.15) is 0 Å². The summed E-state index contributed by atoms with van der Waals surface area (Å²) in [6.07, 6.45) is 5.88. The molecule has 0 aliphatic rings. The van der Waals surface area contributed by atoms with Gasteiger partial charge in [-0.15, -0.1) is 36.3 Å². The number of thioether (sulfide) groups is 1. The van der Waals surface area contributed by atoms with Gasteiger partial charge < -0.3 is 9.47 Å². The van der Waals surface area contributed by atoms with E-state index in [1.54, 1.807) is 14.2 Å². The molecule has 2 rings (SSSR count). The molecule has 0 aliphatic carbocycles. The molecule has 0 fully saturated rings. The van der Waals surface area contributed by atoms with Crippen molar-refractivity contribution in [2.75, 3.05) is 20.0 Å². The summed E-state index contributed by atoms with van der Waals surface area (Å²) in [4.78, 5) is 1.37. The number of hydrogen-bond donors (Lipinski definition) is 0. The van der Waals surface area contributed by atoms with Crippen LogP contribution in [0.3, 0.4) is 0 Å². The highest BCUT2D eigenvalue weighted by atomic mass is 32.2. The Balaban J connectivity index is 2.56. The van der Waals surface area contributed by atoms with Crippen molar-refractivity contribution in [1.82, 2.24) is 0 Å². The van der Waals surface area contributed by atoms with Gasteiger partial charge in [0.2, 0.25) is 0 Å². The lowest BCUT2D eigenvalue weighted by Crippen LogP contribution is -1.90. The number of methoxy groups -OCH3 is 2. The first-order chi connectivity index (χ1) is 10.2. The molecule has 0 atom stereocenters. The van der Waals surface area contributed by atoms with Gasteiger partial charge in [-0.25, -0.2) is 0 Å². The Bertz CT molecular complexity index is 590. The van der Waals surface area contributed by atoms with Crippen LogP contribution in [0.1, 0.15) is 11.3 Å². The van der Waals surface area contributed by atoms with E-state index < -0.39 is 0 Å². The van der Waals surface area contributed by atoms with Crippen molar-refractivity contribution in [2.24, 2.45) is 0 Å². The Labute approximate surface area is 134 Å². The standard InChI is InChI=1S/C17H20O2S2/c1-5-7-8-16-12-10-14(18-3)15(19-4)11-13(12)17(21-16)20-9-6-2/h5-6,10-11H,1-2,7-9H2,3-4H3. The van der Waals surface area contributed by atoms with E-state index in [0.717, 1.165) is 30.1 Å². The quantitative estimate of drug-likeness (QED) is 0.485. The summed E-state index contributed by atoms with van der Waals surface area (Å²) in [6.45, 7) is 7.61. The molecule has 4 heteroatoms. The molecule has 0 N–H and O–H groups in total. The number of rotatable bonds is 8. The van der Waals surface area contributed by atoms with Crippen LogP contribution in [0.15, 0.2) is 41.7 Å². The van der Waals surface area contributed by atoms with E-state index in [-0.39, 0.29) is 0 Å². The zero-order chi connectivity index (χ0) is 15.2. The van der Waals surface area contributed by atoms with Crippen LogP contribution in [0.4, 0.5) is 0 Å². The fourth-order valence-corrected chi connectivity index (χ4v) is 4.50. The number of allylic oxidation sites excluding steroid dienone is 1. The zero-order valence-corrected chi connectivity index (χ0v) is 14.1. The van der Waals surface area contributed by atoms with Crippen molar-refractivity contribution in [3.63, 3.8) is 0 Å². The first kappa shape index (κ1) is 16.0. The van der Waals surface area contributed by atoms with Gasteiger partial charge in [-0.2, -0.15) is 0 Å². The van der Waals surface area contributed by atoms with Gasteiger partial charge in [0.15, 0.2) is 11.5 Å². The first-order valence-electron chi connectivity index (χ1n) is 6.77. The van der Waals surface area contributed by atoms with Crippen molar-refractivity contribution in [3.8, 4) is 11.5 Å². The van der Waals surface area contributed by atoms with Crippen molar-refractivity contribution in [1.29, 1.82) is 0 Å². The maximum absolute atomic E-state index is 5.43. The third-order valence-corrected chi connectivity index (χ3v) is 5.73. The Kier molecular flexibility index (Phi) is 5.76. The molecule has 0 aliphatic heterocycles. The van der Waals surface area contributed by atoms with Crippen LogP contribution in [0.5, 0.6) is 11.5 Å². The maximum Gasteiger partial charge on any atom is 0.161 e. The Morgan fingerprint density at radius 1 is 1.10 bits per heavy atom. The number of ether oxygens (including phenoxy) is 2. The van der Waals surface area contributed by atoms with Crippen LogP contribution in [-0.4, -0.2) is 20.0 Å². The van der Waals surface area contributed by atoms with Gasteiger partial charge in [-0.3, -0.25) is 0 Å². The number of hydrogen-bond acceptors (Lipinski definition) is 4. The summed E-state index contributed by atoms with van der Waals surface area (Å²) in [6, 6.07) is 4.16. The largest absolute Gasteiger partial charge is 0.493 e. The molecule has 1 aromatic heterocycles. The number of benzene rings is 1. The minimum absolute atomic E-state index is 0.776. The molecule has 2 nitrogen and oxygen atoms in total. The second-order valence-electron chi connectivity index (χ2n) is 4.49. The highest BCUT2D eigenvalue weighted by molar-refractivity contribution is 8.01. The fraction of sp³-hybridized carbons (Fsp3) is 0.294. The van der Waals surface area contributed by atoms with Crippen LogP contribution >= 0.6 is 23.1 Å². The fourth-order valence-electron chi connectivity index (χ4n) is 2.16. The van der Waals surface area contributed by atoms with Gasteiger partial charge >= 0.3 is 0 Å². The second kappa shape index (κ2) is 7.57. The monoisotopic (exact) mass is 320 g/mol. The minimum Gasteiger partial charge on any atom is -0.493 e. The van der Waals surface area contributed by atoms with E-state index in [1.807, 2.05) is 35.3 Å². The van der Waals surface area contributed by atoms with Crippen LogP contribution < -0.4 is 9.47 Å². The lowest BCUT2D eigenvalue weighted by atomic mass is 10.1. The van der Waals surface area contributed by atoms with E-state index in [2.05, 4.69) is 25.3 Å². The molecule has 1 aromatic carbocycles. The summed E-state index contributed by atoms with van der Waals surface area (Å²) in [7, 11) is 3.35. The average Bonchev–Trinajstić information content (AvgIpc) is 2.86. The smallest absolute Gasteiger partial charge is 0.161 e. The highest BCUT2D eigenvalue weighted by Crippen LogP contribution is 2.43. The molecule has 21 heavy (non-hydrogen) atoms. The molecule has 1 heterocycles. The molecular formula is C17H20O2S2. The van der Waals surface area contributed by atoms with E-state index >= 15 is 0 Å². The maximum atomic E-state index is 5.43. The van der Waals surface area contributed by atoms with Gasteiger partial charge in [-0.05, 0) is 25.0 Å². The minimum atomic E-state index is 0.776. The lowest BCUT2D eigenvalue weighted by molar-refractivity contribution is 0.356. The first-order valence-corrected chi connectivity index (χ1v) is 8.57. The topological polar surface area (TPSA) is 18.5 Å². The Hall–Kier alpha value is -1.39. The van der Waals surface area contributed by atoms with Crippen LogP contribution in [0.2, 0.25) is 0 Å². The molecule has 112 valence electrons. The molecule has 0 saturated carbocycles. The van der Waals surface area contributed by atoms with Crippen molar-refractivity contribution < 1.29 is 9.47 Å². The van der Waals surface area contributed by atoms with Gasteiger partial charge in [0.25, 0.3) is 0 Å². The highest BCUT2D eigenvalue weighted by Gasteiger charge is 2.15. The molecule has 0 bridgehead atoms. The predicted octanol–water partition coefficient (Wildman–Crippen LogP) is 5.32. The summed E-state index contributed by atoms with van der Waals surface area (Å²) in [5.41, 5.74) is 0. The van der Waals surface area contributed by atoms with Crippen LogP contribution in [0.25, 0.3) is 10.8 Å². The molecule has 0 unspecified atom stereocenters. The summed E-state index contributed by atoms with van der Waals surface area (Å²) in [5.74, 6) is 2.46. The molecule has 0 saturated heterocycles.